The first-order chi connectivity index (χ1) is 15.0. The molecule has 0 spiro atoms. The summed E-state index contributed by atoms with van der Waals surface area (Å²) < 4.78 is 5.34. The van der Waals surface area contributed by atoms with Crippen molar-refractivity contribution >= 4 is 34.4 Å². The first-order valence-corrected chi connectivity index (χ1v) is 10.3. The van der Waals surface area contributed by atoms with E-state index in [1.807, 2.05) is 11.0 Å². The van der Waals surface area contributed by atoms with Gasteiger partial charge in [0.1, 0.15) is 6.04 Å². The smallest absolute Gasteiger partial charge is 0.325 e. The Hall–Kier alpha value is -3.17. The van der Waals surface area contributed by atoms with Gasteiger partial charge in [-0.2, -0.15) is 0 Å². The van der Waals surface area contributed by atoms with E-state index in [2.05, 4.69) is 10.3 Å². The largest absolute Gasteiger partial charge is 0.481 e. The summed E-state index contributed by atoms with van der Waals surface area (Å²) in [6, 6.07) is 4.41. The fourth-order valence-electron chi connectivity index (χ4n) is 4.38. The minimum absolute atomic E-state index is 0.328. The molecule has 0 saturated carbocycles. The van der Waals surface area contributed by atoms with E-state index in [0.29, 0.717) is 55.8 Å². The van der Waals surface area contributed by atoms with Gasteiger partial charge in [0.05, 0.1) is 25.0 Å². The second-order valence-electron chi connectivity index (χ2n) is 7.88. The molecule has 9 nitrogen and oxygen atoms in total. The minimum Gasteiger partial charge on any atom is -0.481 e. The highest BCUT2D eigenvalue weighted by molar-refractivity contribution is 5.98. The molecule has 2 aliphatic rings. The lowest BCUT2D eigenvalue weighted by Gasteiger charge is -2.31. The lowest BCUT2D eigenvalue weighted by Crippen LogP contribution is -2.42. The van der Waals surface area contributed by atoms with Gasteiger partial charge in [0.15, 0.2) is 0 Å². The summed E-state index contributed by atoms with van der Waals surface area (Å²) >= 11 is 0. The number of nitrogens with one attached hydrogen (secondary N) is 2. The third-order valence-electron chi connectivity index (χ3n) is 6.01. The second-order valence-corrected chi connectivity index (χ2v) is 7.88. The Labute approximate surface area is 178 Å². The highest BCUT2D eigenvalue weighted by Crippen LogP contribution is 2.32. The SMILES string of the molecule is O=C(O)[C@H]1CC=CC[C@@H]1C(=O)Nc1ccc2[nH]cc([C@@H](C(=O)O)N3CCOCC3)c2c1. The molecule has 1 saturated heterocycles. The van der Waals surface area contributed by atoms with Crippen LogP contribution in [0, 0.1) is 11.8 Å². The second kappa shape index (κ2) is 8.91. The molecule has 2 heterocycles. The van der Waals surface area contributed by atoms with Gasteiger partial charge in [-0.15, -0.1) is 0 Å². The van der Waals surface area contributed by atoms with Crippen molar-refractivity contribution < 1.29 is 29.3 Å². The summed E-state index contributed by atoms with van der Waals surface area (Å²) in [5.41, 5.74) is 1.88. The molecule has 1 aromatic heterocycles. The number of allylic oxidation sites excluding steroid dienone is 2. The Morgan fingerprint density at radius 1 is 1.10 bits per heavy atom. The molecule has 1 aliphatic carbocycles. The minimum atomic E-state index is -0.984. The van der Waals surface area contributed by atoms with E-state index in [4.69, 9.17) is 4.74 Å². The molecule has 9 heteroatoms. The molecule has 3 atom stereocenters. The number of aromatic nitrogens is 1. The van der Waals surface area contributed by atoms with Crippen LogP contribution in [0.2, 0.25) is 0 Å². The number of carboxylic acid groups (broad SMARTS) is 2. The highest BCUT2D eigenvalue weighted by Gasteiger charge is 2.34. The number of morpholine rings is 1. The lowest BCUT2D eigenvalue weighted by molar-refractivity contribution is -0.146. The summed E-state index contributed by atoms with van der Waals surface area (Å²) in [4.78, 5) is 41.4. The molecule has 1 aromatic carbocycles. The number of amides is 1. The van der Waals surface area contributed by atoms with Gasteiger partial charge in [-0.05, 0) is 31.0 Å². The van der Waals surface area contributed by atoms with E-state index < -0.39 is 29.8 Å². The summed E-state index contributed by atoms with van der Waals surface area (Å²) in [6.45, 7) is 2.00. The van der Waals surface area contributed by atoms with E-state index in [9.17, 15) is 24.6 Å². The van der Waals surface area contributed by atoms with Crippen LogP contribution in [-0.2, 0) is 19.1 Å². The van der Waals surface area contributed by atoms with Gasteiger partial charge in [-0.3, -0.25) is 19.3 Å². The van der Waals surface area contributed by atoms with Crippen molar-refractivity contribution in [3.63, 3.8) is 0 Å². The van der Waals surface area contributed by atoms with Gasteiger partial charge in [-0.1, -0.05) is 12.2 Å². The number of ether oxygens (including phenoxy) is 1. The number of benzene rings is 1. The molecule has 1 amide bonds. The summed E-state index contributed by atoms with van der Waals surface area (Å²) in [5.74, 6) is -3.69. The number of carbonyl (C=O) groups excluding carboxylic acids is 1. The van der Waals surface area contributed by atoms with Crippen molar-refractivity contribution in [2.45, 2.75) is 18.9 Å². The number of carboxylic acids is 2. The third kappa shape index (κ3) is 4.33. The highest BCUT2D eigenvalue weighted by atomic mass is 16.5. The maximum Gasteiger partial charge on any atom is 0.325 e. The molecular formula is C22H25N3O6. The van der Waals surface area contributed by atoms with E-state index in [-0.39, 0.29) is 5.91 Å². The molecular weight excluding hydrogens is 402 g/mol. The maximum absolute atomic E-state index is 12.8. The zero-order chi connectivity index (χ0) is 22.0. The van der Waals surface area contributed by atoms with Gasteiger partial charge in [-0.25, -0.2) is 0 Å². The number of hydrogen-bond donors (Lipinski definition) is 4. The van der Waals surface area contributed by atoms with Crippen molar-refractivity contribution in [3.05, 3.63) is 42.1 Å². The topological polar surface area (TPSA) is 132 Å². The van der Waals surface area contributed by atoms with Gasteiger partial charge in [0.25, 0.3) is 0 Å². The Morgan fingerprint density at radius 3 is 2.48 bits per heavy atom. The number of rotatable bonds is 6. The Kier molecular flexibility index (Phi) is 6.06. The van der Waals surface area contributed by atoms with E-state index in [1.165, 1.54) is 0 Å². The van der Waals surface area contributed by atoms with E-state index in [0.717, 1.165) is 5.52 Å². The van der Waals surface area contributed by atoms with Gasteiger partial charge in [0.2, 0.25) is 5.91 Å². The quantitative estimate of drug-likeness (QED) is 0.520. The Bertz CT molecular complexity index is 1020. The normalized spacial score (nSPS) is 22.8. The maximum atomic E-state index is 12.8. The molecule has 4 N–H and O–H groups in total. The van der Waals surface area contributed by atoms with Crippen LogP contribution < -0.4 is 5.32 Å². The average molecular weight is 427 g/mol. The standard InChI is InChI=1S/C22H25N3O6/c26-20(14-3-1-2-4-15(14)21(27)28)24-13-5-6-18-16(11-13)17(12-23-18)19(22(29)30)25-7-9-31-10-8-25/h1-2,5-6,11-12,14-15,19,23H,3-4,7-10H2,(H,24,26)(H,27,28)(H,29,30)/t14-,15-,19-/m0/s1. The summed E-state index contributed by atoms with van der Waals surface area (Å²) in [7, 11) is 0. The number of H-pyrrole nitrogens is 1. The predicted molar refractivity (Wildman–Crippen MR) is 113 cm³/mol. The number of anilines is 1. The molecule has 31 heavy (non-hydrogen) atoms. The summed E-state index contributed by atoms with van der Waals surface area (Å²) in [6.07, 6.45) is 6.01. The number of fused-ring (bicyclic) bond motifs is 1. The van der Waals surface area contributed by atoms with Crippen LogP contribution in [0.15, 0.2) is 36.5 Å². The number of nitrogens with zero attached hydrogens (tertiary/aromatic N) is 1. The fourth-order valence-corrected chi connectivity index (χ4v) is 4.38. The average Bonchev–Trinajstić information content (AvgIpc) is 3.17. The Morgan fingerprint density at radius 2 is 1.81 bits per heavy atom. The fraction of sp³-hybridized carbons (Fsp3) is 0.409. The first-order valence-electron chi connectivity index (χ1n) is 10.3. The number of aromatic amines is 1. The van der Waals surface area contributed by atoms with Crippen LogP contribution in [0.4, 0.5) is 5.69 Å². The third-order valence-corrected chi connectivity index (χ3v) is 6.01. The number of aliphatic carboxylic acids is 2. The van der Waals surface area contributed by atoms with Crippen molar-refractivity contribution in [2.75, 3.05) is 31.6 Å². The predicted octanol–water partition coefficient (Wildman–Crippen LogP) is 2.23. The van der Waals surface area contributed by atoms with E-state index in [1.54, 1.807) is 30.5 Å². The summed E-state index contributed by atoms with van der Waals surface area (Å²) in [5, 5.41) is 22.8. The molecule has 1 aliphatic heterocycles. The molecule has 0 unspecified atom stereocenters. The zero-order valence-electron chi connectivity index (χ0n) is 16.9. The van der Waals surface area contributed by atoms with Gasteiger partial charge in [0, 0.05) is 41.4 Å². The molecule has 2 aromatic rings. The Balaban J connectivity index is 1.60. The molecule has 0 radical (unpaired) electrons. The molecule has 0 bridgehead atoms. The van der Waals surface area contributed by atoms with Crippen LogP contribution in [0.25, 0.3) is 10.9 Å². The first kappa shape index (κ1) is 21.1. The van der Waals surface area contributed by atoms with Crippen molar-refractivity contribution in [2.24, 2.45) is 11.8 Å². The van der Waals surface area contributed by atoms with Crippen molar-refractivity contribution in [1.82, 2.24) is 9.88 Å². The van der Waals surface area contributed by atoms with Crippen LogP contribution in [0.3, 0.4) is 0 Å². The lowest BCUT2D eigenvalue weighted by atomic mass is 9.82. The monoisotopic (exact) mass is 427 g/mol. The van der Waals surface area contributed by atoms with Crippen molar-refractivity contribution in [3.8, 4) is 0 Å². The molecule has 1 fully saturated rings. The van der Waals surface area contributed by atoms with Crippen LogP contribution in [-0.4, -0.2) is 64.2 Å². The van der Waals surface area contributed by atoms with Crippen LogP contribution in [0.1, 0.15) is 24.4 Å². The van der Waals surface area contributed by atoms with Gasteiger partial charge < -0.3 is 25.3 Å². The zero-order valence-corrected chi connectivity index (χ0v) is 16.9. The van der Waals surface area contributed by atoms with Crippen molar-refractivity contribution in [1.29, 1.82) is 0 Å². The number of carbonyl (C=O) groups is 3. The van der Waals surface area contributed by atoms with Crippen LogP contribution >= 0.6 is 0 Å². The van der Waals surface area contributed by atoms with Crippen LogP contribution in [0.5, 0.6) is 0 Å². The van der Waals surface area contributed by atoms with Gasteiger partial charge >= 0.3 is 11.9 Å². The molecule has 164 valence electrons. The molecule has 4 rings (SSSR count). The number of hydrogen-bond acceptors (Lipinski definition) is 5. The van der Waals surface area contributed by atoms with E-state index >= 15 is 0 Å².